The molecule has 0 aliphatic heterocycles. The van der Waals surface area contributed by atoms with Gasteiger partial charge in [0.25, 0.3) is 0 Å². The van der Waals surface area contributed by atoms with Gasteiger partial charge in [-0.05, 0) is 0 Å². The van der Waals surface area contributed by atoms with Gasteiger partial charge in [-0.1, -0.05) is 49.0 Å². The van der Waals surface area contributed by atoms with Gasteiger partial charge in [-0.25, -0.2) is 0 Å². The normalized spacial score (nSPS) is 11.9. The van der Waals surface area contributed by atoms with Gasteiger partial charge in [0.1, 0.15) is 0 Å². The van der Waals surface area contributed by atoms with Crippen molar-refractivity contribution in [2.24, 2.45) is 15.8 Å². The molecule has 1 nitrogen and oxygen atoms in total. The first kappa shape index (κ1) is 14.2. The molecule has 0 aliphatic carbocycles. The lowest BCUT2D eigenvalue weighted by molar-refractivity contribution is 0.478. The molecule has 0 amide bonds. The molecule has 0 bridgehead atoms. The summed E-state index contributed by atoms with van der Waals surface area (Å²) in [5.74, 6) is 0. The van der Waals surface area contributed by atoms with Crippen molar-refractivity contribution in [3.63, 3.8) is 0 Å². The fourth-order valence-corrected chi connectivity index (χ4v) is 1.80. The molecule has 0 spiro atoms. The average molecular weight is 171 g/mol. The largest absolute Gasteiger partial charge is 0.296 e. The summed E-state index contributed by atoms with van der Waals surface area (Å²) >= 11 is 0. The third-order valence-electron chi connectivity index (χ3n) is 1.64. The van der Waals surface area contributed by atoms with Crippen LogP contribution in [0.1, 0.15) is 49.0 Å². The van der Waals surface area contributed by atoms with Crippen LogP contribution in [-0.4, -0.2) is 12.8 Å². The molecule has 0 atom stereocenters. The van der Waals surface area contributed by atoms with E-state index in [-0.39, 0.29) is 18.3 Å². The number of hydrogen-bond acceptors (Lipinski definition) is 1. The highest BCUT2D eigenvalue weighted by Crippen LogP contribution is 2.29. The third-order valence-corrected chi connectivity index (χ3v) is 1.64. The zero-order valence-electron chi connectivity index (χ0n) is 8.95. The number of rotatable bonds is 0. The van der Waals surface area contributed by atoms with Crippen LogP contribution in [0.15, 0.2) is 4.99 Å². The molecule has 0 aromatic heterocycles. The first-order chi connectivity index (χ1) is 4.69. The van der Waals surface area contributed by atoms with E-state index in [4.69, 9.17) is 0 Å². The molecule has 0 aliphatic rings. The van der Waals surface area contributed by atoms with E-state index in [2.05, 4.69) is 46.5 Å². The fraction of sp³-hybridized carbons (Fsp3) is 0.909. The van der Waals surface area contributed by atoms with E-state index in [9.17, 15) is 0 Å². The molecule has 0 fully saturated rings. The number of hydrogen-bond donors (Lipinski definition) is 0. The van der Waals surface area contributed by atoms with E-state index in [1.54, 1.807) is 0 Å². The van der Waals surface area contributed by atoms with Gasteiger partial charge >= 0.3 is 0 Å². The lowest BCUT2D eigenvalue weighted by Gasteiger charge is -2.31. The van der Waals surface area contributed by atoms with Crippen LogP contribution in [0.4, 0.5) is 0 Å². The Hall–Kier alpha value is -0.330. The van der Waals surface area contributed by atoms with Crippen LogP contribution in [0.3, 0.4) is 0 Å². The zero-order valence-corrected chi connectivity index (χ0v) is 8.95. The number of nitrogens with zero attached hydrogens (tertiary/aromatic N) is 1. The summed E-state index contributed by atoms with van der Waals surface area (Å²) in [4.78, 5) is 4.35. The van der Waals surface area contributed by atoms with Crippen LogP contribution in [0, 0.1) is 10.8 Å². The van der Waals surface area contributed by atoms with Crippen LogP contribution in [0.2, 0.25) is 0 Å². The predicted octanol–water partition coefficient (Wildman–Crippen LogP) is 3.79. The van der Waals surface area contributed by atoms with Crippen molar-refractivity contribution in [3.05, 3.63) is 0 Å². The Labute approximate surface area is 78.3 Å². The minimum atomic E-state index is 0. The first-order valence-corrected chi connectivity index (χ1v) is 4.17. The summed E-state index contributed by atoms with van der Waals surface area (Å²) < 4.78 is 0. The summed E-state index contributed by atoms with van der Waals surface area (Å²) in [6, 6.07) is 0. The van der Waals surface area contributed by atoms with Gasteiger partial charge in [-0.3, -0.25) is 4.99 Å². The van der Waals surface area contributed by atoms with Gasteiger partial charge in [-0.2, -0.15) is 0 Å². The van der Waals surface area contributed by atoms with E-state index < -0.39 is 0 Å². The Kier molecular flexibility index (Phi) is 4.81. The highest BCUT2D eigenvalue weighted by atomic mass is 14.7. The van der Waals surface area contributed by atoms with Gasteiger partial charge < -0.3 is 0 Å². The van der Waals surface area contributed by atoms with Gasteiger partial charge in [0, 0.05) is 23.6 Å². The molecular formula is C11H25N. The maximum atomic E-state index is 4.35. The van der Waals surface area contributed by atoms with Crippen molar-refractivity contribution in [1.82, 2.24) is 0 Å². The van der Waals surface area contributed by atoms with Crippen molar-refractivity contribution in [3.8, 4) is 0 Å². The highest BCUT2D eigenvalue weighted by Gasteiger charge is 2.28. The molecule has 74 valence electrons. The van der Waals surface area contributed by atoms with Crippen molar-refractivity contribution >= 4 is 5.71 Å². The molecule has 0 rings (SSSR count). The van der Waals surface area contributed by atoms with E-state index in [0.717, 1.165) is 0 Å². The maximum absolute atomic E-state index is 4.35. The second-order valence-electron chi connectivity index (χ2n) is 5.07. The summed E-state index contributed by atoms with van der Waals surface area (Å²) in [6.07, 6.45) is 0. The Morgan fingerprint density at radius 1 is 0.833 bits per heavy atom. The highest BCUT2D eigenvalue weighted by molar-refractivity contribution is 5.93. The SMILES string of the molecule is C.CN=C(C(C)(C)C)C(C)(C)C. The van der Waals surface area contributed by atoms with Crippen molar-refractivity contribution in [1.29, 1.82) is 0 Å². The van der Waals surface area contributed by atoms with E-state index in [1.807, 2.05) is 7.05 Å². The van der Waals surface area contributed by atoms with Crippen LogP contribution >= 0.6 is 0 Å². The molecule has 0 aromatic carbocycles. The molecule has 0 unspecified atom stereocenters. The first-order valence-electron chi connectivity index (χ1n) is 4.17. The van der Waals surface area contributed by atoms with E-state index in [0.29, 0.717) is 0 Å². The fourth-order valence-electron chi connectivity index (χ4n) is 1.80. The molecule has 12 heavy (non-hydrogen) atoms. The minimum Gasteiger partial charge on any atom is -0.296 e. The van der Waals surface area contributed by atoms with Gasteiger partial charge in [0.15, 0.2) is 0 Å². The quantitative estimate of drug-likeness (QED) is 0.492. The Morgan fingerprint density at radius 3 is 1.08 bits per heavy atom. The van der Waals surface area contributed by atoms with Crippen molar-refractivity contribution in [2.45, 2.75) is 49.0 Å². The molecular weight excluding hydrogens is 146 g/mol. The topological polar surface area (TPSA) is 12.4 Å². The van der Waals surface area contributed by atoms with Crippen LogP contribution in [0.25, 0.3) is 0 Å². The van der Waals surface area contributed by atoms with Crippen LogP contribution in [0.5, 0.6) is 0 Å². The van der Waals surface area contributed by atoms with Gasteiger partial charge in [0.2, 0.25) is 0 Å². The molecule has 1 heteroatoms. The molecule has 0 radical (unpaired) electrons. The number of aliphatic imine (C=N–C) groups is 1. The van der Waals surface area contributed by atoms with E-state index in [1.165, 1.54) is 5.71 Å². The Bertz CT molecular complexity index is 137. The second-order valence-corrected chi connectivity index (χ2v) is 5.07. The zero-order chi connectivity index (χ0) is 9.28. The molecule has 0 aromatic rings. The smallest absolute Gasteiger partial charge is 0.0276 e. The predicted molar refractivity (Wildman–Crippen MR) is 59.0 cm³/mol. The van der Waals surface area contributed by atoms with Crippen LogP contribution < -0.4 is 0 Å². The summed E-state index contributed by atoms with van der Waals surface area (Å²) in [6.45, 7) is 13.3. The maximum Gasteiger partial charge on any atom is 0.0276 e. The summed E-state index contributed by atoms with van der Waals surface area (Å²) in [5.41, 5.74) is 1.69. The summed E-state index contributed by atoms with van der Waals surface area (Å²) in [7, 11) is 1.88. The standard InChI is InChI=1S/C10H21N.CH4/c1-9(2,3)8(11-7)10(4,5)6;/h1-7H3;1H4. The Balaban J connectivity index is 0. The van der Waals surface area contributed by atoms with Crippen molar-refractivity contribution < 1.29 is 0 Å². The molecule has 0 saturated carbocycles. The second kappa shape index (κ2) is 4.06. The Morgan fingerprint density at radius 2 is 1.08 bits per heavy atom. The van der Waals surface area contributed by atoms with Crippen LogP contribution in [-0.2, 0) is 0 Å². The average Bonchev–Trinajstić information content (AvgIpc) is 1.56. The minimum absolute atomic E-state index is 0. The van der Waals surface area contributed by atoms with E-state index >= 15 is 0 Å². The summed E-state index contributed by atoms with van der Waals surface area (Å²) in [5, 5.41) is 0. The van der Waals surface area contributed by atoms with Gasteiger partial charge in [0.05, 0.1) is 0 Å². The lowest BCUT2D eigenvalue weighted by Crippen LogP contribution is -2.32. The third kappa shape index (κ3) is 3.89. The lowest BCUT2D eigenvalue weighted by atomic mass is 9.75. The van der Waals surface area contributed by atoms with Crippen molar-refractivity contribution in [2.75, 3.05) is 7.05 Å². The molecule has 0 saturated heterocycles. The van der Waals surface area contributed by atoms with Gasteiger partial charge in [-0.15, -0.1) is 0 Å². The molecule has 0 heterocycles. The monoisotopic (exact) mass is 171 g/mol. The molecule has 0 N–H and O–H groups in total.